The van der Waals surface area contributed by atoms with Crippen LogP contribution in [0.25, 0.3) is 0 Å². The number of methoxy groups -OCH3 is 1. The number of aliphatic hydroxyl groups is 1. The van der Waals surface area contributed by atoms with Gasteiger partial charge in [0.2, 0.25) is 0 Å². The van der Waals surface area contributed by atoms with E-state index in [1.54, 1.807) is 72.9 Å². The summed E-state index contributed by atoms with van der Waals surface area (Å²) in [4.78, 5) is 8.38. The van der Waals surface area contributed by atoms with Crippen molar-refractivity contribution in [3.05, 3.63) is 83.2 Å². The topological polar surface area (TPSA) is 60.2 Å². The summed E-state index contributed by atoms with van der Waals surface area (Å²) in [6, 6.07) is 10.6. The van der Waals surface area contributed by atoms with E-state index in [0.29, 0.717) is 22.0 Å². The average Bonchev–Trinajstić information content (AvgIpc) is 3.05. The molecule has 1 aromatic carbocycles. The van der Waals surface area contributed by atoms with E-state index >= 15 is 0 Å². The highest BCUT2D eigenvalue weighted by Gasteiger charge is 2.38. The minimum Gasteiger partial charge on any atom is -0.373 e. The van der Waals surface area contributed by atoms with Crippen molar-refractivity contribution in [2.75, 3.05) is 7.11 Å². The van der Waals surface area contributed by atoms with Gasteiger partial charge >= 0.3 is 0 Å². The molecule has 3 rings (SSSR count). The van der Waals surface area contributed by atoms with Crippen molar-refractivity contribution in [2.24, 2.45) is 0 Å². The van der Waals surface area contributed by atoms with Crippen LogP contribution in [0.15, 0.2) is 61.2 Å². The minimum absolute atomic E-state index is 0.288. The zero-order valence-electron chi connectivity index (χ0n) is 12.6. The predicted molar refractivity (Wildman–Crippen MR) is 87.0 cm³/mol. The number of hydrogen-bond donors (Lipinski definition) is 1. The molecule has 6 heteroatoms. The van der Waals surface area contributed by atoms with Crippen molar-refractivity contribution in [1.29, 1.82) is 0 Å². The zero-order valence-corrected chi connectivity index (χ0v) is 13.3. The van der Waals surface area contributed by atoms with Gasteiger partial charge in [-0.05, 0) is 35.4 Å². The van der Waals surface area contributed by atoms with Crippen molar-refractivity contribution in [1.82, 2.24) is 14.5 Å². The molecule has 0 aliphatic rings. The van der Waals surface area contributed by atoms with Crippen molar-refractivity contribution < 1.29 is 9.84 Å². The van der Waals surface area contributed by atoms with Crippen molar-refractivity contribution in [3.8, 4) is 0 Å². The molecule has 2 heterocycles. The smallest absolute Gasteiger partial charge is 0.173 e. The van der Waals surface area contributed by atoms with E-state index in [1.165, 1.54) is 0 Å². The number of imidazole rings is 1. The first-order chi connectivity index (χ1) is 11.2. The van der Waals surface area contributed by atoms with Gasteiger partial charge in [0.05, 0.1) is 0 Å². The summed E-state index contributed by atoms with van der Waals surface area (Å²) in [5.74, 6) is 0.466. The first kappa shape index (κ1) is 15.7. The van der Waals surface area contributed by atoms with Gasteiger partial charge < -0.3 is 14.4 Å². The van der Waals surface area contributed by atoms with Crippen LogP contribution < -0.4 is 0 Å². The van der Waals surface area contributed by atoms with Crippen LogP contribution in [0.5, 0.6) is 0 Å². The molecule has 1 unspecified atom stereocenters. The average molecular weight is 330 g/mol. The molecule has 0 spiro atoms. The molecule has 0 aliphatic carbocycles. The Morgan fingerprint density at radius 2 is 1.74 bits per heavy atom. The zero-order chi connectivity index (χ0) is 16.3. The molecular formula is C17H16ClN3O2. The Labute approximate surface area is 139 Å². The SMILES string of the molecule is COCn1ccnc1C(O)(c1ccncc1)c1ccc(Cl)cc1. The molecule has 0 fully saturated rings. The third kappa shape index (κ3) is 2.86. The number of nitrogens with zero attached hydrogens (tertiary/aromatic N) is 3. The molecule has 0 saturated carbocycles. The lowest BCUT2D eigenvalue weighted by molar-refractivity contribution is 0.0845. The normalized spacial score (nSPS) is 13.7. The van der Waals surface area contributed by atoms with E-state index < -0.39 is 5.60 Å². The highest BCUT2D eigenvalue weighted by molar-refractivity contribution is 6.30. The first-order valence-corrected chi connectivity index (χ1v) is 7.43. The minimum atomic E-state index is -1.43. The number of rotatable bonds is 5. The second-order valence-electron chi connectivity index (χ2n) is 5.09. The Kier molecular flexibility index (Phi) is 4.43. The monoisotopic (exact) mass is 329 g/mol. The highest BCUT2D eigenvalue weighted by Crippen LogP contribution is 2.35. The second-order valence-corrected chi connectivity index (χ2v) is 5.53. The van der Waals surface area contributed by atoms with Crippen LogP contribution in [0.3, 0.4) is 0 Å². The lowest BCUT2D eigenvalue weighted by atomic mass is 9.86. The van der Waals surface area contributed by atoms with Gasteiger partial charge in [-0.3, -0.25) is 4.98 Å². The van der Waals surface area contributed by atoms with E-state index in [1.807, 2.05) is 0 Å². The van der Waals surface area contributed by atoms with Crippen molar-refractivity contribution >= 4 is 11.6 Å². The Hall–Kier alpha value is -2.21. The number of aromatic nitrogens is 3. The summed E-state index contributed by atoms with van der Waals surface area (Å²) < 4.78 is 6.95. The van der Waals surface area contributed by atoms with Crippen LogP contribution in [0, 0.1) is 0 Å². The van der Waals surface area contributed by atoms with Crippen LogP contribution in [-0.4, -0.2) is 26.8 Å². The fraction of sp³-hybridized carbons (Fsp3) is 0.176. The van der Waals surface area contributed by atoms with Crippen LogP contribution >= 0.6 is 11.6 Å². The van der Waals surface area contributed by atoms with E-state index in [-0.39, 0.29) is 6.73 Å². The third-order valence-corrected chi connectivity index (χ3v) is 3.92. The van der Waals surface area contributed by atoms with Crippen LogP contribution in [-0.2, 0) is 17.1 Å². The molecule has 1 N–H and O–H groups in total. The van der Waals surface area contributed by atoms with Gasteiger partial charge in [-0.1, -0.05) is 23.7 Å². The molecule has 5 nitrogen and oxygen atoms in total. The molecule has 3 aromatic rings. The maximum Gasteiger partial charge on any atom is 0.173 e. The molecule has 0 aliphatic heterocycles. The maximum absolute atomic E-state index is 11.6. The first-order valence-electron chi connectivity index (χ1n) is 7.05. The Bertz CT molecular complexity index is 774. The van der Waals surface area contributed by atoms with E-state index in [9.17, 15) is 5.11 Å². The molecular weight excluding hydrogens is 314 g/mol. The summed E-state index contributed by atoms with van der Waals surface area (Å²) in [7, 11) is 1.59. The fourth-order valence-electron chi connectivity index (χ4n) is 2.58. The van der Waals surface area contributed by atoms with Gasteiger partial charge in [-0.25, -0.2) is 4.98 Å². The molecule has 2 aromatic heterocycles. The van der Waals surface area contributed by atoms with Crippen LogP contribution in [0.4, 0.5) is 0 Å². The Morgan fingerprint density at radius 1 is 1.09 bits per heavy atom. The number of halogens is 1. The fourth-order valence-corrected chi connectivity index (χ4v) is 2.71. The summed E-state index contributed by atoms with van der Waals surface area (Å²) in [6.07, 6.45) is 6.68. The highest BCUT2D eigenvalue weighted by atomic mass is 35.5. The van der Waals surface area contributed by atoms with Gasteiger partial charge in [0.25, 0.3) is 0 Å². The molecule has 23 heavy (non-hydrogen) atoms. The quantitative estimate of drug-likeness (QED) is 0.782. The van der Waals surface area contributed by atoms with Gasteiger partial charge in [0.1, 0.15) is 6.73 Å². The maximum atomic E-state index is 11.6. The van der Waals surface area contributed by atoms with Gasteiger partial charge in [-0.15, -0.1) is 0 Å². The lowest BCUT2D eigenvalue weighted by Gasteiger charge is -2.29. The standard InChI is InChI=1S/C17H16ClN3O2/c1-23-12-21-11-10-20-16(21)17(22,14-6-8-19-9-7-14)13-2-4-15(18)5-3-13/h2-11,22H,12H2,1H3. The molecule has 0 radical (unpaired) electrons. The Balaban J connectivity index is 2.21. The van der Waals surface area contributed by atoms with Crippen LogP contribution in [0.1, 0.15) is 17.0 Å². The summed E-state index contributed by atoms with van der Waals surface area (Å²) in [5.41, 5.74) is -0.106. The van der Waals surface area contributed by atoms with Gasteiger partial charge in [0.15, 0.2) is 11.4 Å². The van der Waals surface area contributed by atoms with Crippen LogP contribution in [0.2, 0.25) is 5.02 Å². The van der Waals surface area contributed by atoms with E-state index in [0.717, 1.165) is 0 Å². The second kappa shape index (κ2) is 6.50. The Morgan fingerprint density at radius 3 is 2.39 bits per heavy atom. The molecule has 0 saturated heterocycles. The summed E-state index contributed by atoms with van der Waals surface area (Å²) >= 11 is 5.98. The third-order valence-electron chi connectivity index (χ3n) is 3.67. The predicted octanol–water partition coefficient (Wildman–Crippen LogP) is 2.82. The van der Waals surface area contributed by atoms with E-state index in [2.05, 4.69) is 9.97 Å². The summed E-state index contributed by atoms with van der Waals surface area (Å²) in [6.45, 7) is 0.288. The van der Waals surface area contributed by atoms with Crippen molar-refractivity contribution in [2.45, 2.75) is 12.3 Å². The van der Waals surface area contributed by atoms with Gasteiger partial charge in [0, 0.05) is 36.9 Å². The molecule has 118 valence electrons. The molecule has 0 bridgehead atoms. The largest absolute Gasteiger partial charge is 0.373 e. The number of ether oxygens (including phenoxy) is 1. The van der Waals surface area contributed by atoms with Gasteiger partial charge in [-0.2, -0.15) is 0 Å². The lowest BCUT2D eigenvalue weighted by Crippen LogP contribution is -2.33. The summed E-state index contributed by atoms with van der Waals surface area (Å²) in [5, 5.41) is 12.2. The molecule has 0 amide bonds. The molecule has 1 atom stereocenters. The van der Waals surface area contributed by atoms with E-state index in [4.69, 9.17) is 16.3 Å². The number of benzene rings is 1. The number of hydrogen-bond acceptors (Lipinski definition) is 4. The number of pyridine rings is 1. The van der Waals surface area contributed by atoms with Crippen molar-refractivity contribution in [3.63, 3.8) is 0 Å².